The molecule has 3 nitrogen and oxygen atoms in total. The lowest BCUT2D eigenvalue weighted by Crippen LogP contribution is -1.97. The summed E-state index contributed by atoms with van der Waals surface area (Å²) in [5.74, 6) is 0.931. The van der Waals surface area contributed by atoms with Crippen molar-refractivity contribution in [2.45, 2.75) is 0 Å². The van der Waals surface area contributed by atoms with E-state index in [1.54, 1.807) is 0 Å². The van der Waals surface area contributed by atoms with Crippen LogP contribution in [0, 0.1) is 0 Å². The zero-order valence-electron chi connectivity index (χ0n) is 26.1. The number of para-hydroxylation sites is 4. The molecule has 0 radical (unpaired) electrons. The summed E-state index contributed by atoms with van der Waals surface area (Å²) in [4.78, 5) is 5.05. The third kappa shape index (κ3) is 4.11. The topological polar surface area (TPSA) is 22.8 Å². The van der Waals surface area contributed by atoms with E-state index in [0.717, 1.165) is 27.8 Å². The van der Waals surface area contributed by atoms with E-state index in [2.05, 4.69) is 179 Å². The third-order valence-corrected chi connectivity index (χ3v) is 9.72. The fourth-order valence-electron chi connectivity index (χ4n) is 7.44. The SMILES string of the molecule is c1ccc(-n2c3ccccc3c3cc(-c4ccc(-c5ccc6c(c5)c5ccccc5n6-c5ccc6ccccc6n5)cc4)ccc32)cc1. The Morgan fingerprint density at radius 3 is 1.50 bits per heavy atom. The molecule has 3 heterocycles. The Morgan fingerprint density at radius 2 is 0.833 bits per heavy atom. The van der Waals surface area contributed by atoms with Crippen molar-refractivity contribution in [1.82, 2.24) is 14.1 Å². The number of pyridine rings is 1. The van der Waals surface area contributed by atoms with E-state index in [-0.39, 0.29) is 0 Å². The van der Waals surface area contributed by atoms with Crippen LogP contribution >= 0.6 is 0 Å². The second kappa shape index (κ2) is 10.5. The van der Waals surface area contributed by atoms with Crippen LogP contribution in [0.25, 0.3) is 88.3 Å². The van der Waals surface area contributed by atoms with E-state index in [1.807, 2.05) is 6.07 Å². The van der Waals surface area contributed by atoms with Crippen molar-refractivity contribution >= 4 is 54.5 Å². The number of rotatable bonds is 4. The molecule has 3 aromatic heterocycles. The van der Waals surface area contributed by atoms with Gasteiger partial charge in [-0.05, 0) is 89.0 Å². The van der Waals surface area contributed by atoms with Crippen LogP contribution in [0.2, 0.25) is 0 Å². The molecule has 3 heteroatoms. The van der Waals surface area contributed by atoms with Gasteiger partial charge in [-0.1, -0.05) is 109 Å². The van der Waals surface area contributed by atoms with Crippen LogP contribution in [0.3, 0.4) is 0 Å². The number of nitrogens with zero attached hydrogens (tertiary/aromatic N) is 3. The molecule has 224 valence electrons. The van der Waals surface area contributed by atoms with Gasteiger partial charge in [-0.2, -0.15) is 0 Å². The Labute approximate surface area is 277 Å². The normalized spacial score (nSPS) is 11.8. The van der Waals surface area contributed by atoms with Crippen molar-refractivity contribution in [2.75, 3.05) is 0 Å². The molecule has 0 bridgehead atoms. The molecule has 0 amide bonds. The predicted molar refractivity (Wildman–Crippen MR) is 201 cm³/mol. The van der Waals surface area contributed by atoms with Crippen molar-refractivity contribution in [3.63, 3.8) is 0 Å². The summed E-state index contributed by atoms with van der Waals surface area (Å²) >= 11 is 0. The highest BCUT2D eigenvalue weighted by molar-refractivity contribution is 6.11. The standard InChI is InChI=1S/C45H29N3/c1-2-11-35(12-3-1)47-41-16-8-5-13-36(41)38-28-33(22-25-43(38)47)30-18-20-31(21-19-30)34-23-26-44-39(29-34)37-14-6-9-17-42(37)48(44)45-27-24-32-10-4-7-15-40(32)46-45/h1-29H. The Balaban J connectivity index is 1.05. The van der Waals surface area contributed by atoms with E-state index in [4.69, 9.17) is 4.98 Å². The molecular formula is C45H29N3. The van der Waals surface area contributed by atoms with Gasteiger partial charge in [0.2, 0.25) is 0 Å². The molecule has 0 atom stereocenters. The lowest BCUT2D eigenvalue weighted by atomic mass is 9.98. The van der Waals surface area contributed by atoms with Crippen LogP contribution in [-0.4, -0.2) is 14.1 Å². The Bertz CT molecular complexity index is 2820. The number of fused-ring (bicyclic) bond motifs is 7. The maximum absolute atomic E-state index is 5.05. The number of hydrogen-bond donors (Lipinski definition) is 0. The lowest BCUT2D eigenvalue weighted by molar-refractivity contribution is 1.10. The highest BCUT2D eigenvalue weighted by Gasteiger charge is 2.16. The molecule has 0 unspecified atom stereocenters. The summed E-state index contributed by atoms with van der Waals surface area (Å²) < 4.78 is 4.65. The van der Waals surface area contributed by atoms with Gasteiger partial charge in [-0.3, -0.25) is 4.57 Å². The molecule has 10 rings (SSSR count). The van der Waals surface area contributed by atoms with Gasteiger partial charge in [0.25, 0.3) is 0 Å². The molecule has 0 saturated heterocycles. The van der Waals surface area contributed by atoms with Gasteiger partial charge < -0.3 is 4.57 Å². The molecule has 0 fully saturated rings. The van der Waals surface area contributed by atoms with Crippen LogP contribution < -0.4 is 0 Å². The molecule has 0 aliphatic carbocycles. The van der Waals surface area contributed by atoms with E-state index in [0.29, 0.717) is 0 Å². The second-order valence-electron chi connectivity index (χ2n) is 12.4. The van der Waals surface area contributed by atoms with Crippen LogP contribution in [0.15, 0.2) is 176 Å². The van der Waals surface area contributed by atoms with Crippen LogP contribution in [0.4, 0.5) is 0 Å². The largest absolute Gasteiger partial charge is 0.309 e. The van der Waals surface area contributed by atoms with Gasteiger partial charge in [0.1, 0.15) is 5.82 Å². The van der Waals surface area contributed by atoms with Gasteiger partial charge in [0.05, 0.1) is 27.6 Å². The maximum Gasteiger partial charge on any atom is 0.138 e. The first-order valence-corrected chi connectivity index (χ1v) is 16.4. The minimum atomic E-state index is 0.931. The van der Waals surface area contributed by atoms with Gasteiger partial charge in [-0.15, -0.1) is 0 Å². The summed E-state index contributed by atoms with van der Waals surface area (Å²) in [6.45, 7) is 0. The highest BCUT2D eigenvalue weighted by Crippen LogP contribution is 2.37. The molecule has 0 spiro atoms. The van der Waals surface area contributed by atoms with E-state index in [1.165, 1.54) is 60.5 Å². The molecule has 48 heavy (non-hydrogen) atoms. The zero-order valence-corrected chi connectivity index (χ0v) is 26.1. The second-order valence-corrected chi connectivity index (χ2v) is 12.4. The van der Waals surface area contributed by atoms with Gasteiger partial charge >= 0.3 is 0 Å². The highest BCUT2D eigenvalue weighted by atomic mass is 15.1. The average molecular weight is 612 g/mol. The predicted octanol–water partition coefficient (Wildman–Crippen LogP) is 11.8. The van der Waals surface area contributed by atoms with Crippen molar-refractivity contribution in [2.24, 2.45) is 0 Å². The Morgan fingerprint density at radius 1 is 0.333 bits per heavy atom. The monoisotopic (exact) mass is 611 g/mol. The van der Waals surface area contributed by atoms with Gasteiger partial charge in [0, 0.05) is 32.6 Å². The van der Waals surface area contributed by atoms with Crippen molar-refractivity contribution in [3.05, 3.63) is 176 Å². The lowest BCUT2D eigenvalue weighted by Gasteiger charge is -2.09. The van der Waals surface area contributed by atoms with Crippen molar-refractivity contribution in [1.29, 1.82) is 0 Å². The average Bonchev–Trinajstić information content (AvgIpc) is 3.67. The molecule has 7 aromatic carbocycles. The van der Waals surface area contributed by atoms with Crippen LogP contribution in [0.5, 0.6) is 0 Å². The van der Waals surface area contributed by atoms with E-state index >= 15 is 0 Å². The summed E-state index contributed by atoms with van der Waals surface area (Å²) in [7, 11) is 0. The van der Waals surface area contributed by atoms with Crippen LogP contribution in [-0.2, 0) is 0 Å². The minimum Gasteiger partial charge on any atom is -0.309 e. The van der Waals surface area contributed by atoms with Crippen molar-refractivity contribution < 1.29 is 0 Å². The Hall–Kier alpha value is -6.45. The summed E-state index contributed by atoms with van der Waals surface area (Å²) in [5, 5.41) is 6.12. The first-order valence-electron chi connectivity index (χ1n) is 16.4. The number of hydrogen-bond acceptors (Lipinski definition) is 1. The molecule has 0 saturated carbocycles. The number of aromatic nitrogens is 3. The fourth-order valence-corrected chi connectivity index (χ4v) is 7.44. The molecule has 10 aromatic rings. The third-order valence-electron chi connectivity index (χ3n) is 9.72. The fraction of sp³-hybridized carbons (Fsp3) is 0. The van der Waals surface area contributed by atoms with Crippen molar-refractivity contribution in [3.8, 4) is 33.8 Å². The summed E-state index contributed by atoms with van der Waals surface area (Å²) in [6.07, 6.45) is 0. The molecular weight excluding hydrogens is 583 g/mol. The molecule has 0 aliphatic heterocycles. The Kier molecular flexibility index (Phi) is 5.87. The molecule has 0 aliphatic rings. The minimum absolute atomic E-state index is 0.931. The van der Waals surface area contributed by atoms with Crippen LogP contribution in [0.1, 0.15) is 0 Å². The van der Waals surface area contributed by atoms with E-state index < -0.39 is 0 Å². The molecule has 0 N–H and O–H groups in total. The van der Waals surface area contributed by atoms with E-state index in [9.17, 15) is 0 Å². The first kappa shape index (κ1) is 26.7. The quantitative estimate of drug-likeness (QED) is 0.194. The maximum atomic E-state index is 5.05. The summed E-state index contributed by atoms with van der Waals surface area (Å²) in [6, 6.07) is 63.2. The van der Waals surface area contributed by atoms with Gasteiger partial charge in [0.15, 0.2) is 0 Å². The smallest absolute Gasteiger partial charge is 0.138 e. The summed E-state index contributed by atoms with van der Waals surface area (Å²) in [5.41, 5.74) is 11.7. The number of benzene rings is 7. The first-order chi connectivity index (χ1) is 23.8. The zero-order chi connectivity index (χ0) is 31.6. The van der Waals surface area contributed by atoms with Gasteiger partial charge in [-0.25, -0.2) is 4.98 Å².